The molecule has 0 atom stereocenters. The van der Waals surface area contributed by atoms with Crippen LogP contribution in [0.25, 0.3) is 10.1 Å². The molecule has 124 valence electrons. The second-order valence-electron chi connectivity index (χ2n) is 5.54. The number of fused-ring (bicyclic) bond motifs is 1. The number of carbonyl (C=O) groups excluding carboxylic acids is 1. The Hall–Kier alpha value is -2.27. The maximum absolute atomic E-state index is 13.0. The Morgan fingerprint density at radius 3 is 2.58 bits per heavy atom. The molecule has 0 aliphatic heterocycles. The van der Waals surface area contributed by atoms with Crippen LogP contribution in [-0.2, 0) is 6.42 Å². The molecule has 0 aliphatic rings. The van der Waals surface area contributed by atoms with Crippen LogP contribution in [-0.4, -0.2) is 12.5 Å². The van der Waals surface area contributed by atoms with E-state index in [1.54, 1.807) is 17.4 Å². The monoisotopic (exact) mass is 345 g/mol. The summed E-state index contributed by atoms with van der Waals surface area (Å²) < 4.78 is 27.2. The number of hydrogen-bond donors (Lipinski definition) is 1. The first kappa shape index (κ1) is 16.6. The van der Waals surface area contributed by atoms with Gasteiger partial charge in [-0.15, -0.1) is 11.3 Å². The number of rotatable bonds is 5. The minimum atomic E-state index is -2.66. The largest absolute Gasteiger partial charge is 0.352 e. The minimum Gasteiger partial charge on any atom is -0.352 e. The van der Waals surface area contributed by atoms with E-state index in [9.17, 15) is 13.6 Å². The van der Waals surface area contributed by atoms with Crippen molar-refractivity contribution >= 4 is 27.3 Å². The molecule has 0 aliphatic carbocycles. The fraction of sp³-hybridized carbons (Fsp3) is 0.211. The predicted molar refractivity (Wildman–Crippen MR) is 94.0 cm³/mol. The van der Waals surface area contributed by atoms with Crippen molar-refractivity contribution in [3.05, 3.63) is 70.1 Å². The summed E-state index contributed by atoms with van der Waals surface area (Å²) in [5, 5.41) is 3.98. The van der Waals surface area contributed by atoms with Gasteiger partial charge in [0.2, 0.25) is 0 Å². The number of thiophene rings is 1. The highest BCUT2D eigenvalue weighted by Gasteiger charge is 2.17. The summed E-state index contributed by atoms with van der Waals surface area (Å²) in [7, 11) is 0. The number of amides is 1. The first-order chi connectivity index (χ1) is 11.6. The predicted octanol–water partition coefficient (Wildman–Crippen LogP) is 5.12. The van der Waals surface area contributed by atoms with Crippen LogP contribution in [0, 0.1) is 6.92 Å². The van der Waals surface area contributed by atoms with Gasteiger partial charge >= 0.3 is 0 Å². The Kier molecular flexibility index (Phi) is 4.90. The van der Waals surface area contributed by atoms with Gasteiger partial charge in [0.15, 0.2) is 0 Å². The standard InChI is InChI=1S/C19H17F2NOS/c1-12-13-6-4-5-9-17(13)24-16(12)10-11-22-19(23)15-8-3-2-7-14(15)18(20)21/h2-9,18H,10-11H2,1H3,(H,22,23). The second kappa shape index (κ2) is 7.09. The maximum Gasteiger partial charge on any atom is 0.264 e. The van der Waals surface area contributed by atoms with Crippen molar-refractivity contribution in [3.63, 3.8) is 0 Å². The highest BCUT2D eigenvalue weighted by atomic mass is 32.1. The normalized spacial score (nSPS) is 11.2. The quantitative estimate of drug-likeness (QED) is 0.683. The molecule has 0 saturated heterocycles. The van der Waals surface area contributed by atoms with Crippen LogP contribution in [0.1, 0.15) is 32.8 Å². The minimum absolute atomic E-state index is 0.0422. The zero-order valence-corrected chi connectivity index (χ0v) is 14.0. The fourth-order valence-corrected chi connectivity index (χ4v) is 3.95. The molecule has 2 nitrogen and oxygen atoms in total. The molecule has 1 amide bonds. The highest BCUT2D eigenvalue weighted by molar-refractivity contribution is 7.19. The van der Waals surface area contributed by atoms with Gasteiger partial charge in [0, 0.05) is 27.2 Å². The summed E-state index contributed by atoms with van der Waals surface area (Å²) in [5.41, 5.74) is 1.03. The molecule has 1 aromatic heterocycles. The lowest BCUT2D eigenvalue weighted by Gasteiger charge is -2.09. The highest BCUT2D eigenvalue weighted by Crippen LogP contribution is 2.30. The van der Waals surface area contributed by atoms with Crippen LogP contribution >= 0.6 is 11.3 Å². The number of benzene rings is 2. The third-order valence-electron chi connectivity index (χ3n) is 4.02. The molecule has 3 aromatic rings. The van der Waals surface area contributed by atoms with Gasteiger partial charge in [-0.05, 0) is 36.4 Å². The Morgan fingerprint density at radius 1 is 1.12 bits per heavy atom. The van der Waals surface area contributed by atoms with Crippen LogP contribution in [0.15, 0.2) is 48.5 Å². The number of carbonyl (C=O) groups is 1. The van der Waals surface area contributed by atoms with E-state index in [1.807, 2.05) is 12.1 Å². The molecule has 2 aromatic carbocycles. The van der Waals surface area contributed by atoms with E-state index in [1.165, 1.54) is 38.7 Å². The van der Waals surface area contributed by atoms with Gasteiger partial charge in [-0.25, -0.2) is 8.78 Å². The zero-order valence-electron chi connectivity index (χ0n) is 13.2. The van der Waals surface area contributed by atoms with Gasteiger partial charge in [-0.3, -0.25) is 4.79 Å². The maximum atomic E-state index is 13.0. The zero-order chi connectivity index (χ0) is 17.1. The molecule has 3 rings (SSSR count). The first-order valence-electron chi connectivity index (χ1n) is 7.70. The van der Waals surface area contributed by atoms with E-state index in [-0.39, 0.29) is 11.1 Å². The van der Waals surface area contributed by atoms with Gasteiger partial charge in [0.25, 0.3) is 12.3 Å². The van der Waals surface area contributed by atoms with E-state index < -0.39 is 12.3 Å². The van der Waals surface area contributed by atoms with Crippen molar-refractivity contribution in [2.24, 2.45) is 0 Å². The van der Waals surface area contributed by atoms with E-state index in [0.717, 1.165) is 0 Å². The van der Waals surface area contributed by atoms with Gasteiger partial charge in [-0.2, -0.15) is 0 Å². The van der Waals surface area contributed by atoms with E-state index in [0.29, 0.717) is 13.0 Å². The average molecular weight is 345 g/mol. The molecular weight excluding hydrogens is 328 g/mol. The molecule has 0 spiro atoms. The Labute approximate surface area is 143 Å². The summed E-state index contributed by atoms with van der Waals surface area (Å²) >= 11 is 1.71. The van der Waals surface area contributed by atoms with E-state index in [2.05, 4.69) is 24.4 Å². The number of nitrogens with one attached hydrogen (secondary N) is 1. The molecule has 0 saturated carbocycles. The topological polar surface area (TPSA) is 29.1 Å². The van der Waals surface area contributed by atoms with Crippen molar-refractivity contribution in [3.8, 4) is 0 Å². The van der Waals surface area contributed by atoms with Crippen molar-refractivity contribution in [1.82, 2.24) is 5.32 Å². The molecular formula is C19H17F2NOS. The summed E-state index contributed by atoms with van der Waals surface area (Å²) in [6, 6.07) is 14.0. The van der Waals surface area contributed by atoms with Crippen LogP contribution in [0.2, 0.25) is 0 Å². The molecule has 0 bridgehead atoms. The SMILES string of the molecule is Cc1c(CCNC(=O)c2ccccc2C(F)F)sc2ccccc12. The summed E-state index contributed by atoms with van der Waals surface area (Å²) in [6.45, 7) is 2.49. The van der Waals surface area contributed by atoms with E-state index >= 15 is 0 Å². The summed E-state index contributed by atoms with van der Waals surface area (Å²) in [4.78, 5) is 13.4. The fourth-order valence-electron chi connectivity index (χ4n) is 2.74. The Morgan fingerprint density at radius 2 is 1.83 bits per heavy atom. The first-order valence-corrected chi connectivity index (χ1v) is 8.52. The molecule has 24 heavy (non-hydrogen) atoms. The summed E-state index contributed by atoms with van der Waals surface area (Å²) in [6.07, 6.45) is -1.97. The lowest BCUT2D eigenvalue weighted by Crippen LogP contribution is -2.26. The summed E-state index contributed by atoms with van der Waals surface area (Å²) in [5.74, 6) is -0.454. The lowest BCUT2D eigenvalue weighted by atomic mass is 10.1. The molecule has 1 N–H and O–H groups in total. The van der Waals surface area contributed by atoms with Gasteiger partial charge < -0.3 is 5.32 Å². The van der Waals surface area contributed by atoms with Crippen molar-refractivity contribution in [2.75, 3.05) is 6.54 Å². The average Bonchev–Trinajstić information content (AvgIpc) is 2.91. The molecule has 0 radical (unpaired) electrons. The van der Waals surface area contributed by atoms with Crippen molar-refractivity contribution in [2.45, 2.75) is 19.8 Å². The molecule has 0 unspecified atom stereocenters. The van der Waals surface area contributed by atoms with Gasteiger partial charge in [0.05, 0.1) is 0 Å². The van der Waals surface area contributed by atoms with Crippen molar-refractivity contribution in [1.29, 1.82) is 0 Å². The van der Waals surface area contributed by atoms with E-state index in [4.69, 9.17) is 0 Å². The Bertz CT molecular complexity index is 873. The second-order valence-corrected chi connectivity index (χ2v) is 6.68. The molecule has 0 fully saturated rings. The number of halogens is 2. The number of hydrogen-bond acceptors (Lipinski definition) is 2. The van der Waals surface area contributed by atoms with Crippen LogP contribution in [0.3, 0.4) is 0 Å². The van der Waals surface area contributed by atoms with Gasteiger partial charge in [-0.1, -0.05) is 36.4 Å². The number of aryl methyl sites for hydroxylation is 1. The third kappa shape index (κ3) is 3.31. The van der Waals surface area contributed by atoms with Crippen LogP contribution < -0.4 is 5.32 Å². The van der Waals surface area contributed by atoms with Crippen LogP contribution in [0.5, 0.6) is 0 Å². The lowest BCUT2D eigenvalue weighted by molar-refractivity contribution is 0.0940. The van der Waals surface area contributed by atoms with Crippen molar-refractivity contribution < 1.29 is 13.6 Å². The molecule has 5 heteroatoms. The number of alkyl halides is 2. The Balaban J connectivity index is 1.68. The third-order valence-corrected chi connectivity index (χ3v) is 5.35. The van der Waals surface area contributed by atoms with Gasteiger partial charge in [0.1, 0.15) is 0 Å². The molecule has 1 heterocycles. The van der Waals surface area contributed by atoms with Crippen LogP contribution in [0.4, 0.5) is 8.78 Å². The smallest absolute Gasteiger partial charge is 0.264 e.